The SMILES string of the molecule is CCCCC1CCC(C(=O)NCc2ccc(CS(N)(=O)=O)cc2)CC1. The number of carbonyl (C=O) groups excluding carboxylic acids is 1. The van der Waals surface area contributed by atoms with Crippen molar-refractivity contribution < 1.29 is 13.2 Å². The number of nitrogens with one attached hydrogen (secondary N) is 1. The standard InChI is InChI=1S/C19H30N2O3S/c1-2-3-4-15-9-11-18(12-10-15)19(22)21-13-16-5-7-17(8-6-16)14-25(20,23)24/h5-8,15,18H,2-4,9-14H2,1H3,(H,21,22)(H2,20,23,24). The molecule has 0 unspecified atom stereocenters. The zero-order valence-corrected chi connectivity index (χ0v) is 15.9. The molecule has 1 saturated carbocycles. The maximum Gasteiger partial charge on any atom is 0.223 e. The molecule has 140 valence electrons. The average Bonchev–Trinajstić information content (AvgIpc) is 2.58. The minimum atomic E-state index is -3.51. The van der Waals surface area contributed by atoms with Crippen molar-refractivity contribution in [3.05, 3.63) is 35.4 Å². The fraction of sp³-hybridized carbons (Fsp3) is 0.632. The van der Waals surface area contributed by atoms with Crippen molar-refractivity contribution in [1.29, 1.82) is 0 Å². The molecule has 0 spiro atoms. The van der Waals surface area contributed by atoms with Crippen molar-refractivity contribution >= 4 is 15.9 Å². The monoisotopic (exact) mass is 366 g/mol. The van der Waals surface area contributed by atoms with E-state index in [0.717, 1.165) is 24.3 Å². The molecule has 1 amide bonds. The van der Waals surface area contributed by atoms with Crippen LogP contribution in [-0.4, -0.2) is 14.3 Å². The van der Waals surface area contributed by atoms with E-state index in [0.29, 0.717) is 12.1 Å². The van der Waals surface area contributed by atoms with E-state index in [1.165, 1.54) is 32.1 Å². The number of carbonyl (C=O) groups is 1. The minimum absolute atomic E-state index is 0.138. The first-order chi connectivity index (χ1) is 11.9. The van der Waals surface area contributed by atoms with E-state index in [1.54, 1.807) is 12.1 Å². The van der Waals surface area contributed by atoms with Crippen molar-refractivity contribution in [3.63, 3.8) is 0 Å². The second-order valence-electron chi connectivity index (χ2n) is 7.20. The molecule has 0 atom stereocenters. The summed E-state index contributed by atoms with van der Waals surface area (Å²) in [5, 5.41) is 8.05. The van der Waals surface area contributed by atoms with E-state index in [1.807, 2.05) is 12.1 Å². The number of nitrogens with two attached hydrogens (primary N) is 1. The molecule has 1 aromatic carbocycles. The van der Waals surface area contributed by atoms with E-state index in [9.17, 15) is 13.2 Å². The lowest BCUT2D eigenvalue weighted by atomic mass is 9.79. The van der Waals surface area contributed by atoms with Crippen molar-refractivity contribution in [2.45, 2.75) is 64.2 Å². The molecule has 0 aromatic heterocycles. The molecule has 1 aromatic rings. The van der Waals surface area contributed by atoms with Gasteiger partial charge in [-0.15, -0.1) is 0 Å². The third-order valence-electron chi connectivity index (χ3n) is 5.04. The van der Waals surface area contributed by atoms with Gasteiger partial charge in [0.05, 0.1) is 5.75 Å². The van der Waals surface area contributed by atoms with Gasteiger partial charge in [-0.3, -0.25) is 4.79 Å². The van der Waals surface area contributed by atoms with E-state index >= 15 is 0 Å². The van der Waals surface area contributed by atoms with Gasteiger partial charge in [0.15, 0.2) is 0 Å². The van der Waals surface area contributed by atoms with Gasteiger partial charge in [0.25, 0.3) is 0 Å². The van der Waals surface area contributed by atoms with Gasteiger partial charge in [-0.2, -0.15) is 0 Å². The summed E-state index contributed by atoms with van der Waals surface area (Å²) in [5.41, 5.74) is 1.62. The zero-order chi connectivity index (χ0) is 18.3. The van der Waals surface area contributed by atoms with Gasteiger partial charge in [0.2, 0.25) is 15.9 Å². The van der Waals surface area contributed by atoms with Gasteiger partial charge >= 0.3 is 0 Å². The third-order valence-corrected chi connectivity index (χ3v) is 5.78. The van der Waals surface area contributed by atoms with Crippen LogP contribution in [0, 0.1) is 11.8 Å². The second-order valence-corrected chi connectivity index (χ2v) is 8.82. The molecule has 1 aliphatic carbocycles. The highest BCUT2D eigenvalue weighted by molar-refractivity contribution is 7.88. The van der Waals surface area contributed by atoms with Crippen LogP contribution in [0.4, 0.5) is 0 Å². The quantitative estimate of drug-likeness (QED) is 0.741. The Morgan fingerprint density at radius 2 is 1.72 bits per heavy atom. The molecule has 3 N–H and O–H groups in total. The van der Waals surface area contributed by atoms with Crippen LogP contribution in [0.2, 0.25) is 0 Å². The van der Waals surface area contributed by atoms with Crippen molar-refractivity contribution in [1.82, 2.24) is 5.32 Å². The Morgan fingerprint density at radius 1 is 1.12 bits per heavy atom. The fourth-order valence-electron chi connectivity index (χ4n) is 3.53. The van der Waals surface area contributed by atoms with Crippen LogP contribution in [0.1, 0.15) is 63.0 Å². The number of sulfonamides is 1. The number of hydrogen-bond acceptors (Lipinski definition) is 3. The summed E-state index contributed by atoms with van der Waals surface area (Å²) in [7, 11) is -3.51. The van der Waals surface area contributed by atoms with Crippen molar-refractivity contribution in [2.75, 3.05) is 0 Å². The summed E-state index contributed by atoms with van der Waals surface area (Å²) in [6, 6.07) is 7.15. The number of unbranched alkanes of at least 4 members (excludes halogenated alkanes) is 1. The summed E-state index contributed by atoms with van der Waals surface area (Å²) in [4.78, 5) is 12.3. The lowest BCUT2D eigenvalue weighted by Crippen LogP contribution is -2.32. The zero-order valence-electron chi connectivity index (χ0n) is 15.0. The summed E-state index contributed by atoms with van der Waals surface area (Å²) in [6.45, 7) is 2.70. The van der Waals surface area contributed by atoms with Crippen molar-refractivity contribution in [2.24, 2.45) is 17.0 Å². The Bertz CT molecular complexity index is 648. The van der Waals surface area contributed by atoms with E-state index in [2.05, 4.69) is 12.2 Å². The lowest BCUT2D eigenvalue weighted by molar-refractivity contribution is -0.126. The lowest BCUT2D eigenvalue weighted by Gasteiger charge is -2.27. The molecule has 0 radical (unpaired) electrons. The number of primary sulfonamides is 1. The summed E-state index contributed by atoms with van der Waals surface area (Å²) in [6.07, 6.45) is 8.16. The predicted molar refractivity (Wildman–Crippen MR) is 100 cm³/mol. The highest BCUT2D eigenvalue weighted by atomic mass is 32.2. The van der Waals surface area contributed by atoms with Gasteiger partial charge in [-0.05, 0) is 42.7 Å². The van der Waals surface area contributed by atoms with Crippen LogP contribution < -0.4 is 10.5 Å². The molecule has 6 heteroatoms. The maximum absolute atomic E-state index is 12.3. The number of hydrogen-bond donors (Lipinski definition) is 2. The number of rotatable bonds is 8. The molecule has 2 rings (SSSR count). The van der Waals surface area contributed by atoms with Crippen molar-refractivity contribution in [3.8, 4) is 0 Å². The molecule has 1 fully saturated rings. The van der Waals surface area contributed by atoms with Crippen LogP contribution in [-0.2, 0) is 27.1 Å². The molecular weight excluding hydrogens is 336 g/mol. The van der Waals surface area contributed by atoms with Crippen LogP contribution >= 0.6 is 0 Å². The second kappa shape index (κ2) is 9.34. The van der Waals surface area contributed by atoms with Gasteiger partial charge in [0, 0.05) is 12.5 Å². The third kappa shape index (κ3) is 7.16. The summed E-state index contributed by atoms with van der Waals surface area (Å²) in [5.74, 6) is 0.915. The van der Waals surface area contributed by atoms with Gasteiger partial charge in [-0.1, -0.05) is 50.5 Å². The molecule has 0 saturated heterocycles. The average molecular weight is 367 g/mol. The predicted octanol–water partition coefficient (Wildman–Crippen LogP) is 3.09. The fourth-order valence-corrected chi connectivity index (χ4v) is 4.18. The topological polar surface area (TPSA) is 89.3 Å². The number of amides is 1. The van der Waals surface area contributed by atoms with Crippen LogP contribution in [0.25, 0.3) is 0 Å². The first-order valence-corrected chi connectivity index (χ1v) is 10.9. The Balaban J connectivity index is 1.75. The highest BCUT2D eigenvalue weighted by Gasteiger charge is 2.25. The Hall–Kier alpha value is -1.40. The molecule has 25 heavy (non-hydrogen) atoms. The van der Waals surface area contributed by atoms with Crippen LogP contribution in [0.5, 0.6) is 0 Å². The number of benzene rings is 1. The van der Waals surface area contributed by atoms with Gasteiger partial charge in [-0.25, -0.2) is 13.6 Å². The maximum atomic E-state index is 12.3. The molecule has 0 heterocycles. The molecule has 1 aliphatic rings. The molecular formula is C19H30N2O3S. The van der Waals surface area contributed by atoms with Gasteiger partial charge in [0.1, 0.15) is 0 Å². The van der Waals surface area contributed by atoms with E-state index in [-0.39, 0.29) is 17.6 Å². The first-order valence-electron chi connectivity index (χ1n) is 9.23. The molecule has 0 bridgehead atoms. The summed E-state index contributed by atoms with van der Waals surface area (Å²) < 4.78 is 22.2. The van der Waals surface area contributed by atoms with E-state index in [4.69, 9.17) is 5.14 Å². The largest absolute Gasteiger partial charge is 0.352 e. The van der Waals surface area contributed by atoms with E-state index < -0.39 is 10.0 Å². The Labute approximate surface area is 151 Å². The smallest absolute Gasteiger partial charge is 0.223 e. The van der Waals surface area contributed by atoms with Crippen LogP contribution in [0.15, 0.2) is 24.3 Å². The minimum Gasteiger partial charge on any atom is -0.352 e. The van der Waals surface area contributed by atoms with Gasteiger partial charge < -0.3 is 5.32 Å². The molecule has 5 nitrogen and oxygen atoms in total. The molecule has 0 aliphatic heterocycles. The Morgan fingerprint density at radius 3 is 2.28 bits per heavy atom. The summed E-state index contributed by atoms with van der Waals surface area (Å²) >= 11 is 0. The Kier molecular flexibility index (Phi) is 7.44. The normalized spacial score (nSPS) is 21.0. The highest BCUT2D eigenvalue weighted by Crippen LogP contribution is 2.32. The first kappa shape index (κ1) is 19.9. The van der Waals surface area contributed by atoms with Crippen LogP contribution in [0.3, 0.4) is 0 Å².